The fourth-order valence-corrected chi connectivity index (χ4v) is 2.54. The molecule has 6 nitrogen and oxygen atoms in total. The van der Waals surface area contributed by atoms with Crippen molar-refractivity contribution < 1.29 is 14.3 Å². The van der Waals surface area contributed by atoms with E-state index in [1.54, 1.807) is 25.1 Å². The molecule has 0 radical (unpaired) electrons. The predicted octanol–water partition coefficient (Wildman–Crippen LogP) is 2.38. The van der Waals surface area contributed by atoms with Gasteiger partial charge in [0.15, 0.2) is 5.13 Å². The molecule has 7 heteroatoms. The minimum atomic E-state index is -0.455. The molecule has 0 fully saturated rings. The molecular formula is C14H15N3O3S. The molecule has 21 heavy (non-hydrogen) atoms. The van der Waals surface area contributed by atoms with Crippen molar-refractivity contribution in [3.05, 3.63) is 39.9 Å². The highest BCUT2D eigenvalue weighted by Gasteiger charge is 2.16. The highest BCUT2D eigenvalue weighted by Crippen LogP contribution is 2.23. The van der Waals surface area contributed by atoms with E-state index >= 15 is 0 Å². The van der Waals surface area contributed by atoms with Gasteiger partial charge in [-0.2, -0.15) is 0 Å². The number of methoxy groups -OCH3 is 1. The van der Waals surface area contributed by atoms with E-state index in [1.807, 2.05) is 6.92 Å². The second-order valence-electron chi connectivity index (χ2n) is 4.44. The first-order valence-electron chi connectivity index (χ1n) is 6.15. The highest BCUT2D eigenvalue weighted by molar-refractivity contribution is 7.17. The first-order valence-corrected chi connectivity index (χ1v) is 6.97. The van der Waals surface area contributed by atoms with E-state index in [0.717, 1.165) is 16.9 Å². The summed E-state index contributed by atoms with van der Waals surface area (Å²) in [7, 11) is 1.31. The number of anilines is 2. The number of ether oxygens (including phenoxy) is 1. The van der Waals surface area contributed by atoms with Crippen LogP contribution in [0.5, 0.6) is 0 Å². The maximum Gasteiger partial charge on any atom is 0.337 e. The number of carbonyl (C=O) groups is 2. The lowest BCUT2D eigenvalue weighted by atomic mass is 10.1. The van der Waals surface area contributed by atoms with Gasteiger partial charge in [0.1, 0.15) is 4.88 Å². The van der Waals surface area contributed by atoms with Crippen LogP contribution in [0.15, 0.2) is 18.2 Å². The summed E-state index contributed by atoms with van der Waals surface area (Å²) in [6, 6.07) is 4.97. The Bertz CT molecular complexity index is 709. The normalized spacial score (nSPS) is 10.2. The summed E-state index contributed by atoms with van der Waals surface area (Å²) in [6.07, 6.45) is 0. The van der Waals surface area contributed by atoms with Crippen molar-refractivity contribution >= 4 is 34.0 Å². The number of esters is 1. The van der Waals surface area contributed by atoms with E-state index in [4.69, 9.17) is 5.73 Å². The van der Waals surface area contributed by atoms with Gasteiger partial charge in [0.25, 0.3) is 5.91 Å². The Hall–Kier alpha value is -2.41. The topological polar surface area (TPSA) is 94.3 Å². The Morgan fingerprint density at radius 1 is 1.33 bits per heavy atom. The van der Waals surface area contributed by atoms with Gasteiger partial charge in [-0.25, -0.2) is 9.78 Å². The Kier molecular flexibility index (Phi) is 4.23. The molecule has 2 rings (SSSR count). The number of benzene rings is 1. The SMILES string of the molecule is COC(=O)c1ccc(C)c(NC(=O)c2sc(N)nc2C)c1. The number of nitrogens with zero attached hydrogens (tertiary/aromatic N) is 1. The molecule has 0 saturated heterocycles. The first kappa shape index (κ1) is 15.0. The van der Waals surface area contributed by atoms with Crippen LogP contribution in [0.3, 0.4) is 0 Å². The van der Waals surface area contributed by atoms with Gasteiger partial charge in [0.2, 0.25) is 0 Å². The van der Waals surface area contributed by atoms with Crippen LogP contribution in [0.25, 0.3) is 0 Å². The zero-order valence-electron chi connectivity index (χ0n) is 11.9. The molecule has 1 aromatic heterocycles. The monoisotopic (exact) mass is 305 g/mol. The largest absolute Gasteiger partial charge is 0.465 e. The van der Waals surface area contributed by atoms with Crippen molar-refractivity contribution in [3.8, 4) is 0 Å². The smallest absolute Gasteiger partial charge is 0.337 e. The van der Waals surface area contributed by atoms with Gasteiger partial charge in [-0.05, 0) is 31.5 Å². The van der Waals surface area contributed by atoms with Crippen LogP contribution in [0.1, 0.15) is 31.3 Å². The zero-order chi connectivity index (χ0) is 15.6. The van der Waals surface area contributed by atoms with Crippen LogP contribution in [-0.2, 0) is 4.74 Å². The van der Waals surface area contributed by atoms with Crippen LogP contribution < -0.4 is 11.1 Å². The Morgan fingerprint density at radius 3 is 2.62 bits per heavy atom. The summed E-state index contributed by atoms with van der Waals surface area (Å²) < 4.78 is 4.67. The Balaban J connectivity index is 2.28. The lowest BCUT2D eigenvalue weighted by molar-refractivity contribution is 0.0600. The number of carbonyl (C=O) groups excluding carboxylic acids is 2. The van der Waals surface area contributed by atoms with Gasteiger partial charge < -0.3 is 15.8 Å². The number of thiazole rings is 1. The second-order valence-corrected chi connectivity index (χ2v) is 5.47. The number of hydrogen-bond donors (Lipinski definition) is 2. The lowest BCUT2D eigenvalue weighted by Gasteiger charge is -2.09. The summed E-state index contributed by atoms with van der Waals surface area (Å²) >= 11 is 1.13. The summed E-state index contributed by atoms with van der Waals surface area (Å²) in [5.74, 6) is -0.754. The first-order chi connectivity index (χ1) is 9.92. The van der Waals surface area contributed by atoms with Gasteiger partial charge in [-0.3, -0.25) is 4.79 Å². The third-order valence-electron chi connectivity index (χ3n) is 2.93. The number of nitrogens with two attached hydrogens (primary N) is 1. The maximum atomic E-state index is 12.2. The zero-order valence-corrected chi connectivity index (χ0v) is 12.7. The third-order valence-corrected chi connectivity index (χ3v) is 3.91. The van der Waals surface area contributed by atoms with E-state index in [-0.39, 0.29) is 5.91 Å². The summed E-state index contributed by atoms with van der Waals surface area (Å²) in [6.45, 7) is 3.56. The lowest BCUT2D eigenvalue weighted by Crippen LogP contribution is -2.13. The quantitative estimate of drug-likeness (QED) is 0.849. The average molecular weight is 305 g/mol. The Labute approximate surface area is 125 Å². The van der Waals surface area contributed by atoms with Crippen LogP contribution in [-0.4, -0.2) is 24.0 Å². The molecule has 1 amide bonds. The number of nitrogens with one attached hydrogen (secondary N) is 1. The molecule has 3 N–H and O–H groups in total. The molecule has 0 atom stereocenters. The van der Waals surface area contributed by atoms with Crippen molar-refractivity contribution in [3.63, 3.8) is 0 Å². The second kappa shape index (κ2) is 5.92. The van der Waals surface area contributed by atoms with E-state index in [9.17, 15) is 9.59 Å². The standard InChI is InChI=1S/C14H15N3O3S/c1-7-4-5-9(13(19)20-3)6-10(7)17-12(18)11-8(2)16-14(15)21-11/h4-6H,1-3H3,(H2,15,16)(H,17,18). The molecule has 0 aliphatic carbocycles. The van der Waals surface area contributed by atoms with Crippen LogP contribution in [0, 0.1) is 13.8 Å². The van der Waals surface area contributed by atoms with Gasteiger partial charge >= 0.3 is 5.97 Å². The molecule has 0 aliphatic heterocycles. The predicted molar refractivity (Wildman–Crippen MR) is 81.7 cm³/mol. The molecule has 0 spiro atoms. The molecule has 0 saturated carbocycles. The molecule has 110 valence electrons. The van der Waals surface area contributed by atoms with Gasteiger partial charge in [-0.1, -0.05) is 17.4 Å². The van der Waals surface area contributed by atoms with Crippen molar-refractivity contribution in [2.24, 2.45) is 0 Å². The number of aromatic nitrogens is 1. The van der Waals surface area contributed by atoms with Gasteiger partial charge in [0, 0.05) is 5.69 Å². The number of amides is 1. The van der Waals surface area contributed by atoms with Crippen molar-refractivity contribution in [1.82, 2.24) is 4.98 Å². The fraction of sp³-hybridized carbons (Fsp3) is 0.214. The van der Waals surface area contributed by atoms with Crippen molar-refractivity contribution in [1.29, 1.82) is 0 Å². The van der Waals surface area contributed by atoms with Crippen LogP contribution in [0.4, 0.5) is 10.8 Å². The summed E-state index contributed by atoms with van der Waals surface area (Å²) in [4.78, 5) is 28.2. The van der Waals surface area contributed by atoms with E-state index < -0.39 is 5.97 Å². The van der Waals surface area contributed by atoms with Gasteiger partial charge in [0.05, 0.1) is 18.4 Å². The minimum Gasteiger partial charge on any atom is -0.465 e. The number of rotatable bonds is 3. The molecular weight excluding hydrogens is 290 g/mol. The van der Waals surface area contributed by atoms with Gasteiger partial charge in [-0.15, -0.1) is 0 Å². The molecule has 1 heterocycles. The van der Waals surface area contributed by atoms with Crippen LogP contribution in [0.2, 0.25) is 0 Å². The Morgan fingerprint density at radius 2 is 2.05 bits per heavy atom. The molecule has 0 unspecified atom stereocenters. The number of nitrogen functional groups attached to an aromatic ring is 1. The number of hydrogen-bond acceptors (Lipinski definition) is 6. The fourth-order valence-electron chi connectivity index (χ4n) is 1.81. The average Bonchev–Trinajstić information content (AvgIpc) is 2.79. The van der Waals surface area contributed by atoms with Crippen molar-refractivity contribution in [2.75, 3.05) is 18.2 Å². The number of aryl methyl sites for hydroxylation is 2. The molecule has 1 aromatic carbocycles. The summed E-state index contributed by atoms with van der Waals surface area (Å²) in [5.41, 5.74) is 7.93. The molecule has 2 aromatic rings. The van der Waals surface area contributed by atoms with Crippen molar-refractivity contribution in [2.45, 2.75) is 13.8 Å². The minimum absolute atomic E-state index is 0.299. The van der Waals surface area contributed by atoms with E-state index in [2.05, 4.69) is 15.0 Å². The van der Waals surface area contributed by atoms with Crippen LogP contribution >= 0.6 is 11.3 Å². The summed E-state index contributed by atoms with van der Waals surface area (Å²) in [5, 5.41) is 3.11. The molecule has 0 bridgehead atoms. The molecule has 0 aliphatic rings. The van der Waals surface area contributed by atoms with E-state index in [1.165, 1.54) is 7.11 Å². The van der Waals surface area contributed by atoms with E-state index in [0.29, 0.717) is 27.0 Å². The highest BCUT2D eigenvalue weighted by atomic mass is 32.1. The maximum absolute atomic E-state index is 12.2. The third kappa shape index (κ3) is 3.19.